The Morgan fingerprint density at radius 1 is 0.964 bits per heavy atom. The van der Waals surface area contributed by atoms with Gasteiger partial charge in [-0.25, -0.2) is 14.4 Å². The van der Waals surface area contributed by atoms with E-state index < -0.39 is 0 Å². The Kier molecular flexibility index (Phi) is 4.57. The van der Waals surface area contributed by atoms with Crippen LogP contribution in [0.5, 0.6) is 0 Å². The van der Waals surface area contributed by atoms with E-state index in [1.807, 2.05) is 43.3 Å². The molecule has 2 aromatic carbocycles. The van der Waals surface area contributed by atoms with Crippen LogP contribution < -0.4 is 10.2 Å². The van der Waals surface area contributed by atoms with E-state index in [2.05, 4.69) is 20.5 Å². The monoisotopic (exact) mass is 374 g/mol. The number of hydrogen-bond donors (Lipinski definition) is 1. The summed E-state index contributed by atoms with van der Waals surface area (Å²) in [6, 6.07) is 12.7. The number of aryl methyl sites for hydroxylation is 1. The highest BCUT2D eigenvalue weighted by atomic mass is 19.1. The van der Waals surface area contributed by atoms with Gasteiger partial charge in [0.2, 0.25) is 0 Å². The van der Waals surface area contributed by atoms with E-state index in [-0.39, 0.29) is 5.82 Å². The van der Waals surface area contributed by atoms with Crippen molar-refractivity contribution in [2.24, 2.45) is 0 Å². The molecule has 0 aliphatic heterocycles. The maximum atomic E-state index is 13.6. The van der Waals surface area contributed by atoms with Crippen LogP contribution in [0.4, 0.5) is 21.6 Å². The molecule has 0 saturated carbocycles. The predicted molar refractivity (Wildman–Crippen MR) is 109 cm³/mol. The fourth-order valence-corrected chi connectivity index (χ4v) is 2.90. The number of aromatic nitrogens is 4. The number of fused-ring (bicyclic) bond motifs is 1. The third-order valence-electron chi connectivity index (χ3n) is 4.46. The molecule has 28 heavy (non-hydrogen) atoms. The highest BCUT2D eigenvalue weighted by molar-refractivity contribution is 5.94. The molecule has 6 nitrogen and oxygen atoms in total. The quantitative estimate of drug-likeness (QED) is 0.573. The number of halogens is 1. The smallest absolute Gasteiger partial charge is 0.163 e. The summed E-state index contributed by atoms with van der Waals surface area (Å²) >= 11 is 0. The topological polar surface area (TPSA) is 66.8 Å². The molecule has 140 valence electrons. The van der Waals surface area contributed by atoms with Crippen LogP contribution in [0.1, 0.15) is 5.56 Å². The molecule has 1 N–H and O–H groups in total. The van der Waals surface area contributed by atoms with Crippen molar-refractivity contribution in [3.05, 3.63) is 66.2 Å². The predicted octanol–water partition coefficient (Wildman–Crippen LogP) is 4.34. The highest BCUT2D eigenvalue weighted by Crippen LogP contribution is 2.30. The summed E-state index contributed by atoms with van der Waals surface area (Å²) < 4.78 is 13.6. The molecule has 0 atom stereocenters. The average Bonchev–Trinajstić information content (AvgIpc) is 2.71. The fraction of sp³-hybridized carbons (Fsp3) is 0.143. The molecular weight excluding hydrogens is 355 g/mol. The van der Waals surface area contributed by atoms with Crippen LogP contribution in [-0.2, 0) is 0 Å². The van der Waals surface area contributed by atoms with Crippen LogP contribution in [0, 0.1) is 12.7 Å². The molecule has 7 heteroatoms. The molecule has 4 rings (SSSR count). The van der Waals surface area contributed by atoms with E-state index in [0.29, 0.717) is 17.2 Å². The second-order valence-electron chi connectivity index (χ2n) is 6.71. The van der Waals surface area contributed by atoms with Crippen LogP contribution in [0.3, 0.4) is 0 Å². The van der Waals surface area contributed by atoms with E-state index in [9.17, 15) is 4.39 Å². The van der Waals surface area contributed by atoms with Crippen molar-refractivity contribution in [1.29, 1.82) is 0 Å². The van der Waals surface area contributed by atoms with E-state index in [4.69, 9.17) is 4.98 Å². The first kappa shape index (κ1) is 17.8. The molecule has 2 heterocycles. The summed E-state index contributed by atoms with van der Waals surface area (Å²) in [5, 5.41) is 11.9. The highest BCUT2D eigenvalue weighted by Gasteiger charge is 2.12. The number of hydrogen-bond acceptors (Lipinski definition) is 6. The Labute approximate surface area is 162 Å². The van der Waals surface area contributed by atoms with E-state index in [1.54, 1.807) is 31.5 Å². The van der Waals surface area contributed by atoms with Crippen molar-refractivity contribution < 1.29 is 4.39 Å². The number of benzene rings is 2. The Morgan fingerprint density at radius 2 is 1.82 bits per heavy atom. The van der Waals surface area contributed by atoms with Crippen molar-refractivity contribution in [2.75, 3.05) is 24.3 Å². The van der Waals surface area contributed by atoms with E-state index >= 15 is 0 Å². The van der Waals surface area contributed by atoms with Gasteiger partial charge in [-0.3, -0.25) is 0 Å². The Balaban J connectivity index is 1.89. The summed E-state index contributed by atoms with van der Waals surface area (Å²) in [5.74, 6) is 0.949. The van der Waals surface area contributed by atoms with Gasteiger partial charge in [-0.1, -0.05) is 0 Å². The van der Waals surface area contributed by atoms with Gasteiger partial charge in [-0.05, 0) is 55.0 Å². The maximum Gasteiger partial charge on any atom is 0.163 e. The van der Waals surface area contributed by atoms with Crippen molar-refractivity contribution in [1.82, 2.24) is 20.2 Å². The maximum absolute atomic E-state index is 13.6. The normalized spacial score (nSPS) is 10.9. The van der Waals surface area contributed by atoms with Gasteiger partial charge in [0, 0.05) is 36.4 Å². The van der Waals surface area contributed by atoms with Crippen LogP contribution in [0.15, 0.2) is 54.9 Å². The van der Waals surface area contributed by atoms with Crippen molar-refractivity contribution in [3.63, 3.8) is 0 Å². The molecule has 0 radical (unpaired) electrons. The molecule has 0 amide bonds. The first-order chi connectivity index (χ1) is 13.5. The zero-order valence-corrected chi connectivity index (χ0v) is 15.8. The van der Waals surface area contributed by atoms with Crippen molar-refractivity contribution >= 4 is 28.1 Å². The number of anilines is 3. The summed E-state index contributed by atoms with van der Waals surface area (Å²) in [6.45, 7) is 1.73. The Hall–Kier alpha value is -3.61. The first-order valence-electron chi connectivity index (χ1n) is 8.80. The molecule has 0 saturated heterocycles. The Bertz CT molecular complexity index is 1140. The third-order valence-corrected chi connectivity index (χ3v) is 4.46. The number of rotatable bonds is 4. The molecule has 0 aliphatic carbocycles. The molecule has 2 aromatic heterocycles. The molecule has 0 fully saturated rings. The molecule has 0 unspecified atom stereocenters. The fourth-order valence-electron chi connectivity index (χ4n) is 2.90. The molecule has 4 aromatic rings. The van der Waals surface area contributed by atoms with Gasteiger partial charge in [0.15, 0.2) is 5.82 Å². The summed E-state index contributed by atoms with van der Waals surface area (Å²) in [7, 11) is 3.96. The van der Waals surface area contributed by atoms with E-state index in [0.717, 1.165) is 27.8 Å². The second-order valence-corrected chi connectivity index (χ2v) is 6.71. The zero-order chi connectivity index (χ0) is 19.7. The van der Waals surface area contributed by atoms with Crippen LogP contribution >= 0.6 is 0 Å². The summed E-state index contributed by atoms with van der Waals surface area (Å²) in [5.41, 5.74) is 3.93. The van der Waals surface area contributed by atoms with Crippen LogP contribution in [0.2, 0.25) is 0 Å². The standard InChI is InChI=1S/C21H19FN6/c1-13-10-15(4-6-18(13)22)25-21-17-11-16(28(2)3)5-7-19(17)26-20(27-21)14-8-9-23-24-12-14/h4-12H,1-3H3,(H,25,26,27). The lowest BCUT2D eigenvalue weighted by molar-refractivity contribution is 0.619. The van der Waals surface area contributed by atoms with Crippen molar-refractivity contribution in [3.8, 4) is 11.4 Å². The van der Waals surface area contributed by atoms with Gasteiger partial charge in [0.05, 0.1) is 17.9 Å². The third kappa shape index (κ3) is 3.46. The van der Waals surface area contributed by atoms with Crippen LogP contribution in [0.25, 0.3) is 22.3 Å². The minimum absolute atomic E-state index is 0.239. The van der Waals surface area contributed by atoms with Crippen molar-refractivity contribution in [2.45, 2.75) is 6.92 Å². The minimum atomic E-state index is -0.239. The Morgan fingerprint density at radius 3 is 2.54 bits per heavy atom. The second kappa shape index (κ2) is 7.19. The van der Waals surface area contributed by atoms with Gasteiger partial charge in [0.1, 0.15) is 11.6 Å². The lowest BCUT2D eigenvalue weighted by Crippen LogP contribution is -2.08. The largest absolute Gasteiger partial charge is 0.378 e. The van der Waals surface area contributed by atoms with Gasteiger partial charge in [-0.2, -0.15) is 10.2 Å². The summed E-state index contributed by atoms with van der Waals surface area (Å²) in [6.07, 6.45) is 3.23. The average molecular weight is 374 g/mol. The molecule has 0 aliphatic rings. The molecule has 0 spiro atoms. The number of nitrogens with one attached hydrogen (secondary N) is 1. The first-order valence-corrected chi connectivity index (χ1v) is 8.80. The number of nitrogens with zero attached hydrogens (tertiary/aromatic N) is 5. The van der Waals surface area contributed by atoms with Crippen LogP contribution in [-0.4, -0.2) is 34.3 Å². The molecular formula is C21H19FN6. The SMILES string of the molecule is Cc1cc(Nc2nc(-c3ccnnc3)nc3ccc(N(C)C)cc23)ccc1F. The minimum Gasteiger partial charge on any atom is -0.378 e. The van der Waals surface area contributed by atoms with Gasteiger partial charge < -0.3 is 10.2 Å². The zero-order valence-electron chi connectivity index (χ0n) is 15.8. The van der Waals surface area contributed by atoms with Gasteiger partial charge >= 0.3 is 0 Å². The van der Waals surface area contributed by atoms with Gasteiger partial charge in [-0.15, -0.1) is 0 Å². The summed E-state index contributed by atoms with van der Waals surface area (Å²) in [4.78, 5) is 11.4. The molecule has 0 bridgehead atoms. The van der Waals surface area contributed by atoms with Gasteiger partial charge in [0.25, 0.3) is 0 Å². The lowest BCUT2D eigenvalue weighted by atomic mass is 10.1. The lowest BCUT2D eigenvalue weighted by Gasteiger charge is -2.16. The van der Waals surface area contributed by atoms with E-state index in [1.165, 1.54) is 6.07 Å².